The molecule has 1 aromatic carbocycles. The predicted molar refractivity (Wildman–Crippen MR) is 71.1 cm³/mol. The van der Waals surface area contributed by atoms with Crippen LogP contribution in [0.5, 0.6) is 5.75 Å². The third kappa shape index (κ3) is 2.37. The summed E-state index contributed by atoms with van der Waals surface area (Å²) >= 11 is 0. The minimum absolute atomic E-state index is 0.0585. The second-order valence-corrected chi connectivity index (χ2v) is 5.31. The van der Waals surface area contributed by atoms with Crippen LogP contribution in [0.25, 0.3) is 0 Å². The Morgan fingerprint density at radius 3 is 2.83 bits per heavy atom. The molecule has 1 heterocycles. The van der Waals surface area contributed by atoms with Crippen LogP contribution in [0, 0.1) is 5.82 Å². The molecule has 1 N–H and O–H groups in total. The second-order valence-electron chi connectivity index (χ2n) is 5.31. The molecule has 0 bridgehead atoms. The number of aromatic hydroxyl groups is 1. The molecule has 2 nitrogen and oxygen atoms in total. The topological polar surface area (TPSA) is 23.5 Å². The highest BCUT2D eigenvalue weighted by molar-refractivity contribution is 5.35. The quantitative estimate of drug-likeness (QED) is 0.882. The Morgan fingerprint density at radius 1 is 1.44 bits per heavy atom. The molecule has 3 unspecified atom stereocenters. The normalized spacial score (nSPS) is 26.4. The number of halogens is 1. The molecule has 0 amide bonds. The van der Waals surface area contributed by atoms with Gasteiger partial charge in [0.2, 0.25) is 0 Å². The number of nitrogens with zero attached hydrogens (tertiary/aromatic N) is 1. The van der Waals surface area contributed by atoms with Crippen LogP contribution < -0.4 is 0 Å². The summed E-state index contributed by atoms with van der Waals surface area (Å²) < 4.78 is 13.3. The first-order chi connectivity index (χ1) is 8.54. The molecule has 1 saturated heterocycles. The molecule has 3 heteroatoms. The van der Waals surface area contributed by atoms with Crippen molar-refractivity contribution in [2.45, 2.75) is 58.2 Å². The molecular weight excluding hydrogens is 229 g/mol. The summed E-state index contributed by atoms with van der Waals surface area (Å²) in [5, 5.41) is 9.92. The fourth-order valence-corrected chi connectivity index (χ4v) is 3.23. The van der Waals surface area contributed by atoms with E-state index >= 15 is 0 Å². The molecule has 1 fully saturated rings. The van der Waals surface area contributed by atoms with Crippen LogP contribution in [-0.4, -0.2) is 22.1 Å². The summed E-state index contributed by atoms with van der Waals surface area (Å²) in [5.74, 6) is -0.0904. The van der Waals surface area contributed by atoms with E-state index in [2.05, 4.69) is 25.7 Å². The molecule has 0 spiro atoms. The van der Waals surface area contributed by atoms with E-state index in [1.807, 2.05) is 0 Å². The van der Waals surface area contributed by atoms with Gasteiger partial charge in [-0.25, -0.2) is 4.39 Å². The zero-order chi connectivity index (χ0) is 13.3. The molecule has 1 aliphatic heterocycles. The van der Waals surface area contributed by atoms with Crippen LogP contribution in [-0.2, 0) is 0 Å². The standard InChI is InChI=1S/C15H22FNO/c1-4-13-7-5-10(2)17(13)11(3)14-9-12(16)6-8-15(14)18/h6,8-11,13,18H,4-5,7H2,1-3H3. The van der Waals surface area contributed by atoms with E-state index in [1.54, 1.807) is 0 Å². The average molecular weight is 251 g/mol. The van der Waals surface area contributed by atoms with Crippen LogP contribution in [0.15, 0.2) is 18.2 Å². The Kier molecular flexibility index (Phi) is 3.91. The van der Waals surface area contributed by atoms with Crippen LogP contribution in [0.3, 0.4) is 0 Å². The highest BCUT2D eigenvalue weighted by atomic mass is 19.1. The van der Waals surface area contributed by atoms with Crippen molar-refractivity contribution in [1.29, 1.82) is 0 Å². The summed E-state index contributed by atoms with van der Waals surface area (Å²) in [6.45, 7) is 6.45. The Labute approximate surface area is 108 Å². The Morgan fingerprint density at radius 2 is 2.17 bits per heavy atom. The first kappa shape index (κ1) is 13.3. The number of rotatable bonds is 3. The van der Waals surface area contributed by atoms with Gasteiger partial charge >= 0.3 is 0 Å². The third-order valence-electron chi connectivity index (χ3n) is 4.21. The fourth-order valence-electron chi connectivity index (χ4n) is 3.23. The Bertz CT molecular complexity index is 421. The van der Waals surface area contributed by atoms with E-state index in [1.165, 1.54) is 31.0 Å². The van der Waals surface area contributed by atoms with Crippen molar-refractivity contribution in [1.82, 2.24) is 4.90 Å². The highest BCUT2D eigenvalue weighted by Gasteiger charge is 2.34. The van der Waals surface area contributed by atoms with Gasteiger partial charge in [-0.3, -0.25) is 4.90 Å². The lowest BCUT2D eigenvalue weighted by atomic mass is 10.0. The van der Waals surface area contributed by atoms with E-state index < -0.39 is 0 Å². The number of likely N-dealkylation sites (tertiary alicyclic amines) is 1. The maximum absolute atomic E-state index is 13.3. The minimum Gasteiger partial charge on any atom is -0.508 e. The summed E-state index contributed by atoms with van der Waals surface area (Å²) in [6, 6.07) is 5.30. The number of hydrogen-bond acceptors (Lipinski definition) is 2. The first-order valence-electron chi connectivity index (χ1n) is 6.80. The zero-order valence-electron chi connectivity index (χ0n) is 11.4. The molecule has 3 atom stereocenters. The molecule has 0 radical (unpaired) electrons. The maximum Gasteiger partial charge on any atom is 0.123 e. The number of benzene rings is 1. The van der Waals surface area contributed by atoms with Crippen molar-refractivity contribution in [3.05, 3.63) is 29.6 Å². The second kappa shape index (κ2) is 5.27. The van der Waals surface area contributed by atoms with Crippen molar-refractivity contribution < 1.29 is 9.50 Å². The van der Waals surface area contributed by atoms with Crippen LogP contribution in [0.4, 0.5) is 4.39 Å². The molecule has 18 heavy (non-hydrogen) atoms. The van der Waals surface area contributed by atoms with Crippen molar-refractivity contribution in [2.24, 2.45) is 0 Å². The van der Waals surface area contributed by atoms with Gasteiger partial charge in [-0.1, -0.05) is 6.92 Å². The van der Waals surface area contributed by atoms with Crippen LogP contribution in [0.1, 0.15) is 51.6 Å². The lowest BCUT2D eigenvalue weighted by molar-refractivity contribution is 0.141. The molecular formula is C15H22FNO. The lowest BCUT2D eigenvalue weighted by Gasteiger charge is -2.34. The number of hydrogen-bond donors (Lipinski definition) is 1. The van der Waals surface area contributed by atoms with E-state index in [0.29, 0.717) is 17.6 Å². The van der Waals surface area contributed by atoms with Gasteiger partial charge < -0.3 is 5.11 Å². The minimum atomic E-state index is -0.283. The van der Waals surface area contributed by atoms with Crippen LogP contribution in [0.2, 0.25) is 0 Å². The fraction of sp³-hybridized carbons (Fsp3) is 0.600. The van der Waals surface area contributed by atoms with Gasteiger partial charge in [-0.2, -0.15) is 0 Å². The van der Waals surface area contributed by atoms with Gasteiger partial charge in [0, 0.05) is 23.7 Å². The Hall–Kier alpha value is -1.09. The third-order valence-corrected chi connectivity index (χ3v) is 4.21. The molecule has 0 aliphatic carbocycles. The maximum atomic E-state index is 13.3. The first-order valence-corrected chi connectivity index (χ1v) is 6.80. The monoisotopic (exact) mass is 251 g/mol. The van der Waals surface area contributed by atoms with Crippen molar-refractivity contribution >= 4 is 0 Å². The van der Waals surface area contributed by atoms with Gasteiger partial charge in [0.25, 0.3) is 0 Å². The molecule has 0 saturated carbocycles. The smallest absolute Gasteiger partial charge is 0.123 e. The van der Waals surface area contributed by atoms with Crippen molar-refractivity contribution in [3.63, 3.8) is 0 Å². The number of phenolic OH excluding ortho intramolecular Hbond substituents is 1. The summed E-state index contributed by atoms with van der Waals surface area (Å²) in [4.78, 5) is 2.41. The largest absolute Gasteiger partial charge is 0.508 e. The van der Waals surface area contributed by atoms with E-state index in [-0.39, 0.29) is 17.6 Å². The highest BCUT2D eigenvalue weighted by Crippen LogP contribution is 2.37. The molecule has 1 aliphatic rings. The molecule has 100 valence electrons. The van der Waals surface area contributed by atoms with Crippen molar-refractivity contribution in [2.75, 3.05) is 0 Å². The lowest BCUT2D eigenvalue weighted by Crippen LogP contribution is -2.36. The summed E-state index contributed by atoms with van der Waals surface area (Å²) in [6.07, 6.45) is 3.47. The van der Waals surface area contributed by atoms with Gasteiger partial charge in [0.05, 0.1) is 0 Å². The Balaban J connectivity index is 2.29. The SMILES string of the molecule is CCC1CCC(C)N1C(C)c1cc(F)ccc1O. The number of phenols is 1. The predicted octanol–water partition coefficient (Wildman–Crippen LogP) is 3.86. The van der Waals surface area contributed by atoms with E-state index in [0.717, 1.165) is 6.42 Å². The zero-order valence-corrected chi connectivity index (χ0v) is 11.4. The summed E-state index contributed by atoms with van der Waals surface area (Å²) in [7, 11) is 0. The van der Waals surface area contributed by atoms with Crippen molar-refractivity contribution in [3.8, 4) is 5.75 Å². The van der Waals surface area contributed by atoms with Crippen LogP contribution >= 0.6 is 0 Å². The average Bonchev–Trinajstić information content (AvgIpc) is 2.72. The van der Waals surface area contributed by atoms with Gasteiger partial charge in [-0.15, -0.1) is 0 Å². The summed E-state index contributed by atoms with van der Waals surface area (Å²) in [5.41, 5.74) is 0.696. The van der Waals surface area contributed by atoms with Gasteiger partial charge in [0.15, 0.2) is 0 Å². The molecule has 1 aromatic rings. The molecule has 0 aromatic heterocycles. The molecule has 2 rings (SSSR count). The van der Waals surface area contributed by atoms with E-state index in [4.69, 9.17) is 0 Å². The van der Waals surface area contributed by atoms with Gasteiger partial charge in [-0.05, 0) is 51.3 Å². The van der Waals surface area contributed by atoms with Gasteiger partial charge in [0.1, 0.15) is 11.6 Å². The van der Waals surface area contributed by atoms with E-state index in [9.17, 15) is 9.50 Å².